The zero-order valence-electron chi connectivity index (χ0n) is 12.3. The second kappa shape index (κ2) is 4.94. The van der Waals surface area contributed by atoms with Gasteiger partial charge in [-0.15, -0.1) is 0 Å². The highest BCUT2D eigenvalue weighted by Crippen LogP contribution is 2.58. The highest BCUT2D eigenvalue weighted by Gasteiger charge is 2.64. The third kappa shape index (κ3) is 1.99. The molecule has 0 radical (unpaired) electrons. The summed E-state index contributed by atoms with van der Waals surface area (Å²) in [6.07, 6.45) is 6.98. The molecule has 0 amide bonds. The summed E-state index contributed by atoms with van der Waals surface area (Å²) in [4.78, 5) is 0. The van der Waals surface area contributed by atoms with E-state index in [0.717, 1.165) is 18.4 Å². The Bertz CT molecular complexity index is 541. The Morgan fingerprint density at radius 3 is 2.67 bits per heavy atom. The molecule has 2 saturated heterocycles. The smallest absolute Gasteiger partial charge is 0.172 e. The fraction of sp³-hybridized carbons (Fsp3) is 0.556. The normalized spacial score (nSPS) is 43.4. The summed E-state index contributed by atoms with van der Waals surface area (Å²) in [6, 6.07) is 10.2. The molecule has 3 aliphatic heterocycles. The van der Waals surface area contributed by atoms with Crippen molar-refractivity contribution in [3.05, 3.63) is 48.0 Å². The van der Waals surface area contributed by atoms with Gasteiger partial charge >= 0.3 is 0 Å². The first-order chi connectivity index (χ1) is 10.2. The van der Waals surface area contributed by atoms with E-state index in [1.807, 2.05) is 18.2 Å². The molecule has 3 nitrogen and oxygen atoms in total. The van der Waals surface area contributed by atoms with Gasteiger partial charge in [-0.05, 0) is 12.0 Å². The van der Waals surface area contributed by atoms with E-state index in [2.05, 4.69) is 31.2 Å². The maximum absolute atomic E-state index is 11.1. The molecule has 4 rings (SSSR count). The number of hydrogen-bond donors (Lipinski definition) is 1. The molecule has 2 bridgehead atoms. The third-order valence-corrected chi connectivity index (χ3v) is 5.17. The molecule has 1 aromatic rings. The number of hydrogen-bond acceptors (Lipinski definition) is 3. The minimum Gasteiger partial charge on any atom is -0.366 e. The van der Waals surface area contributed by atoms with Gasteiger partial charge in [0.2, 0.25) is 0 Å². The van der Waals surface area contributed by atoms with Gasteiger partial charge < -0.3 is 14.6 Å². The van der Waals surface area contributed by atoms with E-state index < -0.39 is 5.79 Å². The summed E-state index contributed by atoms with van der Waals surface area (Å²) in [5, 5.41) is 11.1. The first-order valence-corrected chi connectivity index (χ1v) is 8.02. The maximum atomic E-state index is 11.1. The van der Waals surface area contributed by atoms with Crippen LogP contribution in [0.4, 0.5) is 0 Å². The minimum absolute atomic E-state index is 0.00979. The van der Waals surface area contributed by atoms with Gasteiger partial charge in [0.25, 0.3) is 0 Å². The van der Waals surface area contributed by atoms with E-state index in [1.54, 1.807) is 0 Å². The lowest BCUT2D eigenvalue weighted by molar-refractivity contribution is -0.229. The zero-order chi connectivity index (χ0) is 14.4. The van der Waals surface area contributed by atoms with Crippen LogP contribution in [-0.2, 0) is 9.47 Å². The fourth-order valence-corrected chi connectivity index (χ4v) is 4.22. The van der Waals surface area contributed by atoms with Crippen LogP contribution in [-0.4, -0.2) is 23.1 Å². The standard InChI is InChI=1S/C18H22O3/c1-2-3-11-18(19)16-14-10-9-13(20-14)15(16)17(21-18)12-7-5-4-6-8-12/h4-10,13-17,19H,2-3,11H2,1H3/t13-,14+,15-,16+,17-,18-/m0/s1. The molecule has 6 atom stereocenters. The second-order valence-electron chi connectivity index (χ2n) is 6.45. The number of benzene rings is 1. The van der Waals surface area contributed by atoms with Crippen LogP contribution in [0.15, 0.2) is 42.5 Å². The molecular formula is C18H22O3. The molecular weight excluding hydrogens is 264 g/mol. The van der Waals surface area contributed by atoms with Gasteiger partial charge in [0.1, 0.15) is 0 Å². The molecule has 0 unspecified atom stereocenters. The highest BCUT2D eigenvalue weighted by molar-refractivity contribution is 5.27. The van der Waals surface area contributed by atoms with Crippen molar-refractivity contribution in [2.45, 2.75) is 50.3 Å². The lowest BCUT2D eigenvalue weighted by atomic mass is 9.75. The number of rotatable bonds is 4. The van der Waals surface area contributed by atoms with E-state index in [0.29, 0.717) is 6.42 Å². The Labute approximate surface area is 125 Å². The van der Waals surface area contributed by atoms with Crippen molar-refractivity contribution in [2.75, 3.05) is 0 Å². The van der Waals surface area contributed by atoms with E-state index in [9.17, 15) is 5.11 Å². The van der Waals surface area contributed by atoms with Crippen LogP contribution in [0.3, 0.4) is 0 Å². The van der Waals surface area contributed by atoms with Gasteiger partial charge in [-0.1, -0.05) is 55.8 Å². The molecule has 21 heavy (non-hydrogen) atoms. The Morgan fingerprint density at radius 1 is 1.14 bits per heavy atom. The molecule has 1 aromatic carbocycles. The molecule has 2 fully saturated rings. The summed E-state index contributed by atoms with van der Waals surface area (Å²) in [7, 11) is 0. The van der Waals surface area contributed by atoms with Gasteiger partial charge in [-0.3, -0.25) is 0 Å². The summed E-state index contributed by atoms with van der Waals surface area (Å²) in [6.45, 7) is 2.14. The van der Waals surface area contributed by atoms with Crippen molar-refractivity contribution < 1.29 is 14.6 Å². The quantitative estimate of drug-likeness (QED) is 0.864. The summed E-state index contributed by atoms with van der Waals surface area (Å²) in [5.41, 5.74) is 1.14. The molecule has 3 aliphatic rings. The molecule has 0 aromatic heterocycles. The first-order valence-electron chi connectivity index (χ1n) is 8.02. The average molecular weight is 286 g/mol. The maximum Gasteiger partial charge on any atom is 0.172 e. The van der Waals surface area contributed by atoms with Crippen molar-refractivity contribution in [2.24, 2.45) is 11.8 Å². The minimum atomic E-state index is -1.05. The van der Waals surface area contributed by atoms with Crippen molar-refractivity contribution >= 4 is 0 Å². The first kappa shape index (κ1) is 13.5. The van der Waals surface area contributed by atoms with Crippen LogP contribution < -0.4 is 0 Å². The van der Waals surface area contributed by atoms with Gasteiger partial charge in [0.05, 0.1) is 24.2 Å². The zero-order valence-corrected chi connectivity index (χ0v) is 12.3. The van der Waals surface area contributed by atoms with Crippen LogP contribution in [0, 0.1) is 11.8 Å². The molecule has 1 N–H and O–H groups in total. The van der Waals surface area contributed by atoms with Gasteiger partial charge in [-0.2, -0.15) is 0 Å². The predicted octanol–water partition coefficient (Wildman–Crippen LogP) is 3.21. The largest absolute Gasteiger partial charge is 0.366 e. The average Bonchev–Trinajstić information content (AvgIpc) is 3.19. The Balaban J connectivity index is 1.69. The Morgan fingerprint density at radius 2 is 1.90 bits per heavy atom. The molecule has 3 heterocycles. The van der Waals surface area contributed by atoms with Crippen molar-refractivity contribution in [3.8, 4) is 0 Å². The van der Waals surface area contributed by atoms with E-state index >= 15 is 0 Å². The molecule has 0 spiro atoms. The lowest BCUT2D eigenvalue weighted by Crippen LogP contribution is -2.41. The summed E-state index contributed by atoms with van der Waals surface area (Å²) in [5.74, 6) is -0.765. The fourth-order valence-electron chi connectivity index (χ4n) is 4.22. The number of aliphatic hydroxyl groups is 1. The van der Waals surface area contributed by atoms with Crippen LogP contribution in [0.25, 0.3) is 0 Å². The van der Waals surface area contributed by atoms with Gasteiger partial charge in [0, 0.05) is 12.3 Å². The van der Waals surface area contributed by atoms with Crippen LogP contribution in [0.5, 0.6) is 0 Å². The number of unbranched alkanes of at least 4 members (excludes halogenated alkanes) is 1. The topological polar surface area (TPSA) is 38.7 Å². The third-order valence-electron chi connectivity index (χ3n) is 5.17. The van der Waals surface area contributed by atoms with E-state index in [-0.39, 0.29) is 30.1 Å². The lowest BCUT2D eigenvalue weighted by Gasteiger charge is -2.30. The Kier molecular flexibility index (Phi) is 3.18. The number of fused-ring (bicyclic) bond motifs is 5. The second-order valence-corrected chi connectivity index (χ2v) is 6.45. The monoisotopic (exact) mass is 286 g/mol. The number of ether oxygens (including phenoxy) is 2. The van der Waals surface area contributed by atoms with Gasteiger partial charge in [0.15, 0.2) is 5.79 Å². The van der Waals surface area contributed by atoms with E-state index in [4.69, 9.17) is 9.47 Å². The SMILES string of the molecule is CCCC[C@]1(O)O[C@@H](c2ccccc2)[C@@H]2[C@H]1[C@H]1C=C[C@@H]2O1. The van der Waals surface area contributed by atoms with Crippen LogP contribution in [0.1, 0.15) is 37.9 Å². The van der Waals surface area contributed by atoms with Crippen molar-refractivity contribution in [1.29, 1.82) is 0 Å². The Hall–Kier alpha value is -1.16. The summed E-state index contributed by atoms with van der Waals surface area (Å²) < 4.78 is 12.2. The van der Waals surface area contributed by atoms with Crippen LogP contribution in [0.2, 0.25) is 0 Å². The summed E-state index contributed by atoms with van der Waals surface area (Å²) >= 11 is 0. The molecule has 112 valence electrons. The van der Waals surface area contributed by atoms with E-state index in [1.165, 1.54) is 0 Å². The van der Waals surface area contributed by atoms with Crippen molar-refractivity contribution in [1.82, 2.24) is 0 Å². The molecule has 0 aliphatic carbocycles. The highest BCUT2D eigenvalue weighted by atomic mass is 16.6. The molecule has 3 heteroatoms. The molecule has 0 saturated carbocycles. The predicted molar refractivity (Wildman–Crippen MR) is 79.5 cm³/mol. The van der Waals surface area contributed by atoms with Crippen LogP contribution >= 0.6 is 0 Å². The van der Waals surface area contributed by atoms with Gasteiger partial charge in [-0.25, -0.2) is 0 Å². The van der Waals surface area contributed by atoms with Crippen molar-refractivity contribution in [3.63, 3.8) is 0 Å².